The normalized spacial score (nSPS) is 13.5. The highest BCUT2D eigenvalue weighted by Gasteiger charge is 2.30. The maximum Gasteiger partial charge on any atom is 0.235 e. The van der Waals surface area contributed by atoms with Gasteiger partial charge in [-0.05, 0) is 32.0 Å². The molecule has 1 amide bonds. The van der Waals surface area contributed by atoms with Crippen LogP contribution in [0.4, 0.5) is 0 Å². The summed E-state index contributed by atoms with van der Waals surface area (Å²) in [6.07, 6.45) is 0. The van der Waals surface area contributed by atoms with Gasteiger partial charge in [-0.25, -0.2) is 0 Å². The number of nitrogens with one attached hydrogen (secondary N) is 1. The zero-order valence-electron chi connectivity index (χ0n) is 13.8. The van der Waals surface area contributed by atoms with Crippen molar-refractivity contribution in [3.05, 3.63) is 30.3 Å². The molecule has 1 atom stereocenters. The number of nitriles is 1. The van der Waals surface area contributed by atoms with E-state index < -0.39 is 5.54 Å². The molecule has 120 valence electrons. The Hall–Kier alpha value is -2.06. The Bertz CT molecular complexity index is 510. The third kappa shape index (κ3) is 5.74. The number of hydrogen-bond acceptors (Lipinski definition) is 4. The third-order valence-electron chi connectivity index (χ3n) is 3.68. The van der Waals surface area contributed by atoms with Gasteiger partial charge in [-0.1, -0.05) is 32.0 Å². The van der Waals surface area contributed by atoms with Crippen LogP contribution in [0.1, 0.15) is 20.8 Å². The molecule has 5 heteroatoms. The molecule has 0 heterocycles. The van der Waals surface area contributed by atoms with Crippen molar-refractivity contribution in [2.24, 2.45) is 5.92 Å². The first-order valence-electron chi connectivity index (χ1n) is 7.46. The van der Waals surface area contributed by atoms with Crippen LogP contribution in [0.2, 0.25) is 0 Å². The SMILES string of the molecule is CC(C)[C@](C)(C#N)NC(=O)CN(C)CCOc1ccccc1. The molecule has 0 aromatic heterocycles. The number of para-hydroxylation sites is 1. The number of amides is 1. The Morgan fingerprint density at radius 3 is 2.59 bits per heavy atom. The first kappa shape index (κ1) is 18.0. The number of carbonyl (C=O) groups excluding carboxylic acids is 1. The number of nitrogens with zero attached hydrogens (tertiary/aromatic N) is 2. The minimum atomic E-state index is -0.835. The highest BCUT2D eigenvalue weighted by Crippen LogP contribution is 2.14. The topological polar surface area (TPSA) is 65.4 Å². The molecule has 1 rings (SSSR count). The van der Waals surface area contributed by atoms with Crippen molar-refractivity contribution in [1.29, 1.82) is 5.26 Å². The summed E-state index contributed by atoms with van der Waals surface area (Å²) in [6.45, 7) is 6.96. The molecular weight excluding hydrogens is 278 g/mol. The van der Waals surface area contributed by atoms with Crippen LogP contribution in [0.15, 0.2) is 30.3 Å². The van der Waals surface area contributed by atoms with Crippen molar-refractivity contribution in [1.82, 2.24) is 10.2 Å². The Morgan fingerprint density at radius 2 is 2.05 bits per heavy atom. The highest BCUT2D eigenvalue weighted by atomic mass is 16.5. The van der Waals surface area contributed by atoms with Crippen molar-refractivity contribution in [2.75, 3.05) is 26.7 Å². The zero-order valence-corrected chi connectivity index (χ0v) is 13.8. The number of likely N-dealkylation sites (N-methyl/N-ethyl adjacent to an activating group) is 1. The number of carbonyl (C=O) groups is 1. The van der Waals surface area contributed by atoms with E-state index in [1.807, 2.05) is 56.1 Å². The van der Waals surface area contributed by atoms with Crippen LogP contribution in [-0.4, -0.2) is 43.1 Å². The lowest BCUT2D eigenvalue weighted by molar-refractivity contribution is -0.123. The van der Waals surface area contributed by atoms with E-state index in [4.69, 9.17) is 4.74 Å². The van der Waals surface area contributed by atoms with Gasteiger partial charge in [0.1, 0.15) is 17.9 Å². The van der Waals surface area contributed by atoms with Gasteiger partial charge in [-0.15, -0.1) is 0 Å². The number of hydrogen-bond donors (Lipinski definition) is 1. The number of rotatable bonds is 8. The summed E-state index contributed by atoms with van der Waals surface area (Å²) in [5.41, 5.74) is -0.835. The molecule has 0 saturated carbocycles. The second-order valence-corrected chi connectivity index (χ2v) is 5.92. The van der Waals surface area contributed by atoms with Crippen LogP contribution in [0.5, 0.6) is 5.75 Å². The van der Waals surface area contributed by atoms with Gasteiger partial charge in [-0.3, -0.25) is 9.69 Å². The molecule has 0 aliphatic heterocycles. The third-order valence-corrected chi connectivity index (χ3v) is 3.68. The molecule has 5 nitrogen and oxygen atoms in total. The average molecular weight is 303 g/mol. The number of benzene rings is 1. The first-order valence-corrected chi connectivity index (χ1v) is 7.46. The zero-order chi connectivity index (χ0) is 16.6. The molecule has 0 spiro atoms. The fourth-order valence-corrected chi connectivity index (χ4v) is 1.79. The Labute approximate surface area is 132 Å². The van der Waals surface area contributed by atoms with Gasteiger partial charge >= 0.3 is 0 Å². The fraction of sp³-hybridized carbons (Fsp3) is 0.529. The summed E-state index contributed by atoms with van der Waals surface area (Å²) in [6, 6.07) is 11.7. The lowest BCUT2D eigenvalue weighted by atomic mass is 9.90. The Morgan fingerprint density at radius 1 is 1.41 bits per heavy atom. The Balaban J connectivity index is 2.34. The summed E-state index contributed by atoms with van der Waals surface area (Å²) < 4.78 is 5.59. The van der Waals surface area contributed by atoms with Crippen LogP contribution < -0.4 is 10.1 Å². The number of ether oxygens (including phenoxy) is 1. The fourth-order valence-electron chi connectivity index (χ4n) is 1.79. The predicted octanol–water partition coefficient (Wildman–Crippen LogP) is 2.05. The first-order chi connectivity index (χ1) is 10.4. The molecule has 0 aliphatic rings. The van der Waals surface area contributed by atoms with Gasteiger partial charge in [0, 0.05) is 6.54 Å². The Kier molecular flexibility index (Phi) is 6.87. The maximum atomic E-state index is 12.0. The van der Waals surface area contributed by atoms with Gasteiger partial charge in [0.15, 0.2) is 0 Å². The van der Waals surface area contributed by atoms with E-state index in [1.165, 1.54) is 0 Å². The molecule has 0 aliphatic carbocycles. The molecule has 1 aromatic carbocycles. The lowest BCUT2D eigenvalue weighted by Crippen LogP contribution is -2.51. The van der Waals surface area contributed by atoms with Gasteiger partial charge < -0.3 is 10.1 Å². The van der Waals surface area contributed by atoms with E-state index >= 15 is 0 Å². The summed E-state index contributed by atoms with van der Waals surface area (Å²) in [7, 11) is 1.85. The van der Waals surface area contributed by atoms with Gasteiger partial charge in [0.2, 0.25) is 5.91 Å². The molecule has 0 radical (unpaired) electrons. The van der Waals surface area contributed by atoms with Gasteiger partial charge in [-0.2, -0.15) is 5.26 Å². The van der Waals surface area contributed by atoms with E-state index in [-0.39, 0.29) is 18.4 Å². The molecular formula is C17H25N3O2. The van der Waals surface area contributed by atoms with Crippen LogP contribution in [0, 0.1) is 17.2 Å². The van der Waals surface area contributed by atoms with Crippen LogP contribution in [0.3, 0.4) is 0 Å². The van der Waals surface area contributed by atoms with Gasteiger partial charge in [0.25, 0.3) is 0 Å². The van der Waals surface area contributed by atoms with Gasteiger partial charge in [0.05, 0.1) is 12.6 Å². The second-order valence-electron chi connectivity index (χ2n) is 5.92. The summed E-state index contributed by atoms with van der Waals surface area (Å²) in [5, 5.41) is 12.0. The van der Waals surface area contributed by atoms with E-state index in [0.717, 1.165) is 5.75 Å². The molecule has 0 unspecified atom stereocenters. The predicted molar refractivity (Wildman–Crippen MR) is 86.4 cm³/mol. The van der Waals surface area contributed by atoms with Crippen LogP contribution in [0.25, 0.3) is 0 Å². The van der Waals surface area contributed by atoms with Crippen LogP contribution >= 0.6 is 0 Å². The molecule has 0 bridgehead atoms. The van der Waals surface area contributed by atoms with Crippen LogP contribution in [-0.2, 0) is 4.79 Å². The molecule has 0 saturated heterocycles. The van der Waals surface area contributed by atoms with E-state index in [0.29, 0.717) is 13.2 Å². The van der Waals surface area contributed by atoms with E-state index in [9.17, 15) is 10.1 Å². The van der Waals surface area contributed by atoms with E-state index in [1.54, 1.807) is 6.92 Å². The largest absolute Gasteiger partial charge is 0.492 e. The van der Waals surface area contributed by atoms with Crippen molar-refractivity contribution >= 4 is 5.91 Å². The quantitative estimate of drug-likeness (QED) is 0.798. The second kappa shape index (κ2) is 8.40. The smallest absolute Gasteiger partial charge is 0.235 e. The molecule has 0 fully saturated rings. The molecule has 1 N–H and O–H groups in total. The standard InChI is InChI=1S/C17H25N3O2/c1-14(2)17(3,13-18)19-16(21)12-20(4)10-11-22-15-8-6-5-7-9-15/h5-9,14H,10-12H2,1-4H3,(H,19,21)/t17-/m0/s1. The maximum absolute atomic E-state index is 12.0. The monoisotopic (exact) mass is 303 g/mol. The van der Waals surface area contributed by atoms with Crippen molar-refractivity contribution in [2.45, 2.75) is 26.3 Å². The minimum Gasteiger partial charge on any atom is -0.492 e. The lowest BCUT2D eigenvalue weighted by Gasteiger charge is -2.28. The molecule has 22 heavy (non-hydrogen) atoms. The minimum absolute atomic E-state index is 0.0492. The van der Waals surface area contributed by atoms with E-state index in [2.05, 4.69) is 11.4 Å². The highest BCUT2D eigenvalue weighted by molar-refractivity contribution is 5.79. The average Bonchev–Trinajstić information content (AvgIpc) is 2.47. The summed E-state index contributed by atoms with van der Waals surface area (Å²) in [5.74, 6) is 0.713. The van der Waals surface area contributed by atoms with Crippen molar-refractivity contribution in [3.63, 3.8) is 0 Å². The summed E-state index contributed by atoms with van der Waals surface area (Å²) in [4.78, 5) is 13.9. The van der Waals surface area contributed by atoms with Crippen molar-refractivity contribution in [3.8, 4) is 11.8 Å². The summed E-state index contributed by atoms with van der Waals surface area (Å²) >= 11 is 0. The van der Waals surface area contributed by atoms with Crippen molar-refractivity contribution < 1.29 is 9.53 Å². The molecule has 1 aromatic rings.